The van der Waals surface area contributed by atoms with E-state index in [0.29, 0.717) is 6.04 Å². The minimum Gasteiger partial charge on any atom is -0.326 e. The van der Waals surface area contributed by atoms with Crippen molar-refractivity contribution in [2.24, 2.45) is 5.92 Å². The number of piperidine rings is 1. The summed E-state index contributed by atoms with van der Waals surface area (Å²) < 4.78 is 0. The standard InChI is InChI=1S/C17H26N2O.ClH/c1-12-11-13(9-10-18-12)16(20)19-15-8-6-5-7-14(15)17(2,3)4;/h5-8,12-13,18H,9-11H2,1-4H3,(H,19,20);1H/t12-,13-;/m0./s1. The van der Waals surface area contributed by atoms with Gasteiger partial charge in [0.2, 0.25) is 5.91 Å². The number of amides is 1. The summed E-state index contributed by atoms with van der Waals surface area (Å²) in [6.07, 6.45) is 1.84. The Morgan fingerprint density at radius 2 is 1.95 bits per heavy atom. The molecule has 2 N–H and O–H groups in total. The Kier molecular flexibility index (Phi) is 6.24. The van der Waals surface area contributed by atoms with E-state index in [1.54, 1.807) is 0 Å². The Morgan fingerprint density at radius 3 is 2.57 bits per heavy atom. The molecule has 4 heteroatoms. The number of benzene rings is 1. The summed E-state index contributed by atoms with van der Waals surface area (Å²) >= 11 is 0. The van der Waals surface area contributed by atoms with E-state index in [9.17, 15) is 4.79 Å². The second-order valence-electron chi connectivity index (χ2n) is 6.86. The average Bonchev–Trinajstić information content (AvgIpc) is 2.38. The van der Waals surface area contributed by atoms with Crippen molar-refractivity contribution in [3.8, 4) is 0 Å². The number of carbonyl (C=O) groups excluding carboxylic acids is 1. The van der Waals surface area contributed by atoms with Crippen LogP contribution in [0.25, 0.3) is 0 Å². The van der Waals surface area contributed by atoms with E-state index in [0.717, 1.165) is 25.1 Å². The summed E-state index contributed by atoms with van der Waals surface area (Å²) in [6, 6.07) is 8.54. The van der Waals surface area contributed by atoms with Crippen molar-refractivity contribution in [1.82, 2.24) is 5.32 Å². The quantitative estimate of drug-likeness (QED) is 0.874. The smallest absolute Gasteiger partial charge is 0.227 e. The van der Waals surface area contributed by atoms with Crippen LogP contribution in [0.15, 0.2) is 24.3 Å². The van der Waals surface area contributed by atoms with Crippen LogP contribution in [0, 0.1) is 5.92 Å². The van der Waals surface area contributed by atoms with Gasteiger partial charge < -0.3 is 10.6 Å². The lowest BCUT2D eigenvalue weighted by Gasteiger charge is -2.28. The molecule has 0 aliphatic carbocycles. The summed E-state index contributed by atoms with van der Waals surface area (Å²) in [4.78, 5) is 12.5. The molecule has 0 saturated carbocycles. The van der Waals surface area contributed by atoms with E-state index in [-0.39, 0.29) is 29.6 Å². The van der Waals surface area contributed by atoms with Gasteiger partial charge in [0.15, 0.2) is 0 Å². The zero-order valence-electron chi connectivity index (χ0n) is 13.4. The van der Waals surface area contributed by atoms with Gasteiger partial charge in [-0.3, -0.25) is 4.79 Å². The van der Waals surface area contributed by atoms with Crippen LogP contribution in [-0.2, 0) is 10.2 Å². The maximum Gasteiger partial charge on any atom is 0.227 e. The number of carbonyl (C=O) groups is 1. The molecule has 21 heavy (non-hydrogen) atoms. The van der Waals surface area contributed by atoms with E-state index in [4.69, 9.17) is 0 Å². The highest BCUT2D eigenvalue weighted by atomic mass is 35.5. The second-order valence-corrected chi connectivity index (χ2v) is 6.86. The SMILES string of the molecule is C[C@H]1C[C@@H](C(=O)Nc2ccccc2C(C)(C)C)CCN1.Cl. The van der Waals surface area contributed by atoms with Crippen molar-refractivity contribution in [3.05, 3.63) is 29.8 Å². The van der Waals surface area contributed by atoms with Crippen molar-refractivity contribution in [2.75, 3.05) is 11.9 Å². The molecule has 1 heterocycles. The predicted molar refractivity (Wildman–Crippen MR) is 91.2 cm³/mol. The first-order valence-corrected chi connectivity index (χ1v) is 7.51. The highest BCUT2D eigenvalue weighted by Gasteiger charge is 2.26. The molecule has 1 fully saturated rings. The lowest BCUT2D eigenvalue weighted by atomic mass is 9.85. The Labute approximate surface area is 134 Å². The van der Waals surface area contributed by atoms with Crippen LogP contribution < -0.4 is 10.6 Å². The molecule has 1 aromatic rings. The van der Waals surface area contributed by atoms with Gasteiger partial charge in [0, 0.05) is 17.6 Å². The van der Waals surface area contributed by atoms with Crippen LogP contribution in [-0.4, -0.2) is 18.5 Å². The predicted octanol–water partition coefficient (Wildman–Crippen LogP) is 3.73. The molecule has 0 radical (unpaired) electrons. The van der Waals surface area contributed by atoms with Crippen LogP contribution in [0.1, 0.15) is 46.1 Å². The second kappa shape index (κ2) is 7.28. The molecule has 1 aliphatic heterocycles. The third-order valence-electron chi connectivity index (χ3n) is 3.99. The summed E-state index contributed by atoms with van der Waals surface area (Å²) in [5.74, 6) is 0.286. The van der Waals surface area contributed by atoms with Gasteiger partial charge in [-0.15, -0.1) is 12.4 Å². The van der Waals surface area contributed by atoms with E-state index >= 15 is 0 Å². The third-order valence-corrected chi connectivity index (χ3v) is 3.99. The van der Waals surface area contributed by atoms with Crippen molar-refractivity contribution < 1.29 is 4.79 Å². The van der Waals surface area contributed by atoms with Crippen LogP contribution in [0.3, 0.4) is 0 Å². The molecule has 0 bridgehead atoms. The Morgan fingerprint density at radius 1 is 1.29 bits per heavy atom. The minimum atomic E-state index is 0. The fourth-order valence-electron chi connectivity index (χ4n) is 2.85. The molecular formula is C17H27ClN2O. The van der Waals surface area contributed by atoms with Gasteiger partial charge in [-0.25, -0.2) is 0 Å². The van der Waals surface area contributed by atoms with Gasteiger partial charge in [0.25, 0.3) is 0 Å². The first kappa shape index (κ1) is 18.0. The lowest BCUT2D eigenvalue weighted by molar-refractivity contribution is -0.120. The Bertz CT molecular complexity index is 482. The van der Waals surface area contributed by atoms with E-state index in [2.05, 4.69) is 44.4 Å². The number of para-hydroxylation sites is 1. The summed E-state index contributed by atoms with van der Waals surface area (Å²) in [6.45, 7) is 9.59. The molecular weight excluding hydrogens is 284 g/mol. The summed E-state index contributed by atoms with van der Waals surface area (Å²) in [7, 11) is 0. The van der Waals surface area contributed by atoms with Crippen molar-refractivity contribution in [1.29, 1.82) is 0 Å². The van der Waals surface area contributed by atoms with Gasteiger partial charge in [-0.2, -0.15) is 0 Å². The van der Waals surface area contributed by atoms with E-state index in [1.165, 1.54) is 5.56 Å². The maximum absolute atomic E-state index is 12.5. The number of halogens is 1. The first-order chi connectivity index (χ1) is 9.38. The average molecular weight is 311 g/mol. The van der Waals surface area contributed by atoms with Crippen molar-refractivity contribution in [3.63, 3.8) is 0 Å². The molecule has 0 unspecified atom stereocenters. The molecule has 1 aromatic carbocycles. The lowest BCUT2D eigenvalue weighted by Crippen LogP contribution is -2.40. The molecule has 118 valence electrons. The molecule has 2 rings (SSSR count). The van der Waals surface area contributed by atoms with Gasteiger partial charge in [0.05, 0.1) is 0 Å². The summed E-state index contributed by atoms with van der Waals surface area (Å²) in [5, 5.41) is 6.53. The highest BCUT2D eigenvalue weighted by molar-refractivity contribution is 5.93. The normalized spacial score (nSPS) is 22.3. The van der Waals surface area contributed by atoms with Crippen LogP contribution in [0.2, 0.25) is 0 Å². The van der Waals surface area contributed by atoms with E-state index in [1.807, 2.05) is 18.2 Å². The number of hydrogen-bond donors (Lipinski definition) is 2. The molecule has 2 atom stereocenters. The van der Waals surface area contributed by atoms with Crippen LogP contribution in [0.5, 0.6) is 0 Å². The monoisotopic (exact) mass is 310 g/mol. The van der Waals surface area contributed by atoms with Crippen LogP contribution >= 0.6 is 12.4 Å². The topological polar surface area (TPSA) is 41.1 Å². The number of rotatable bonds is 2. The summed E-state index contributed by atoms with van der Waals surface area (Å²) in [5.41, 5.74) is 2.18. The Hall–Kier alpha value is -1.06. The number of hydrogen-bond acceptors (Lipinski definition) is 2. The number of nitrogens with one attached hydrogen (secondary N) is 2. The Balaban J connectivity index is 0.00000220. The van der Waals surface area contributed by atoms with Gasteiger partial charge >= 0.3 is 0 Å². The fraction of sp³-hybridized carbons (Fsp3) is 0.588. The van der Waals surface area contributed by atoms with Crippen LogP contribution in [0.4, 0.5) is 5.69 Å². The van der Waals surface area contributed by atoms with Crippen molar-refractivity contribution in [2.45, 2.75) is 52.0 Å². The van der Waals surface area contributed by atoms with Gasteiger partial charge in [-0.05, 0) is 43.4 Å². The molecule has 1 saturated heterocycles. The molecule has 0 spiro atoms. The zero-order chi connectivity index (χ0) is 14.8. The molecule has 0 aromatic heterocycles. The minimum absolute atomic E-state index is 0. The maximum atomic E-state index is 12.5. The van der Waals surface area contributed by atoms with Gasteiger partial charge in [0.1, 0.15) is 0 Å². The van der Waals surface area contributed by atoms with Crippen molar-refractivity contribution >= 4 is 24.0 Å². The molecule has 3 nitrogen and oxygen atoms in total. The third kappa shape index (κ3) is 4.72. The largest absolute Gasteiger partial charge is 0.326 e. The number of anilines is 1. The fourth-order valence-corrected chi connectivity index (χ4v) is 2.85. The van der Waals surface area contributed by atoms with Gasteiger partial charge in [-0.1, -0.05) is 39.0 Å². The first-order valence-electron chi connectivity index (χ1n) is 7.51. The van der Waals surface area contributed by atoms with E-state index < -0.39 is 0 Å². The molecule has 1 aliphatic rings. The molecule has 1 amide bonds. The highest BCUT2D eigenvalue weighted by Crippen LogP contribution is 2.30. The zero-order valence-corrected chi connectivity index (χ0v) is 14.2.